The topological polar surface area (TPSA) is 66.9 Å². The minimum absolute atomic E-state index is 0.230. The van der Waals surface area contributed by atoms with Crippen molar-refractivity contribution in [2.24, 2.45) is 0 Å². The molecule has 18 heavy (non-hydrogen) atoms. The summed E-state index contributed by atoms with van der Waals surface area (Å²) >= 11 is 0. The Morgan fingerprint density at radius 2 is 1.39 bits per heavy atom. The van der Waals surface area contributed by atoms with Gasteiger partial charge in [-0.3, -0.25) is 9.97 Å². The van der Waals surface area contributed by atoms with Gasteiger partial charge in [0.15, 0.2) is 0 Å². The molecular weight excluding hydrogens is 228 g/mol. The van der Waals surface area contributed by atoms with Gasteiger partial charge in [0.25, 0.3) is 0 Å². The molecule has 5 heteroatoms. The Morgan fingerprint density at radius 1 is 0.889 bits per heavy atom. The van der Waals surface area contributed by atoms with Crippen molar-refractivity contribution in [1.29, 1.82) is 0 Å². The van der Waals surface area contributed by atoms with Gasteiger partial charge in [0.05, 0.1) is 24.5 Å². The van der Waals surface area contributed by atoms with Crippen molar-refractivity contribution < 1.29 is 4.79 Å². The number of amides is 2. The summed E-state index contributed by atoms with van der Waals surface area (Å²) < 4.78 is 0. The highest BCUT2D eigenvalue weighted by Gasteiger charge is 2.01. The van der Waals surface area contributed by atoms with E-state index in [0.29, 0.717) is 13.1 Å². The molecule has 0 radical (unpaired) electrons. The van der Waals surface area contributed by atoms with Crippen molar-refractivity contribution in [2.75, 3.05) is 0 Å². The number of hydrogen-bond acceptors (Lipinski definition) is 3. The smallest absolute Gasteiger partial charge is 0.315 e. The molecule has 2 N–H and O–H groups in total. The maximum absolute atomic E-state index is 11.5. The Morgan fingerprint density at radius 3 is 1.78 bits per heavy atom. The minimum Gasteiger partial charge on any atom is -0.333 e. The van der Waals surface area contributed by atoms with E-state index >= 15 is 0 Å². The van der Waals surface area contributed by atoms with Crippen molar-refractivity contribution in [2.45, 2.75) is 13.1 Å². The highest BCUT2D eigenvalue weighted by atomic mass is 16.2. The lowest BCUT2D eigenvalue weighted by molar-refractivity contribution is 0.240. The van der Waals surface area contributed by atoms with Crippen LogP contribution in [0.25, 0.3) is 0 Å². The van der Waals surface area contributed by atoms with E-state index in [1.165, 1.54) is 0 Å². The lowest BCUT2D eigenvalue weighted by Gasteiger charge is -2.06. The fourth-order valence-electron chi connectivity index (χ4n) is 1.41. The molecule has 2 aromatic heterocycles. The molecule has 0 saturated carbocycles. The monoisotopic (exact) mass is 242 g/mol. The molecule has 0 atom stereocenters. The average Bonchev–Trinajstić information content (AvgIpc) is 2.45. The van der Waals surface area contributed by atoms with Gasteiger partial charge in [-0.05, 0) is 24.3 Å². The van der Waals surface area contributed by atoms with E-state index in [1.807, 2.05) is 36.4 Å². The Balaban J connectivity index is 1.73. The zero-order chi connectivity index (χ0) is 12.6. The molecule has 0 aliphatic rings. The summed E-state index contributed by atoms with van der Waals surface area (Å²) in [4.78, 5) is 19.7. The molecule has 2 aromatic rings. The number of carbonyl (C=O) groups is 1. The molecule has 0 spiro atoms. The van der Waals surface area contributed by atoms with E-state index in [9.17, 15) is 4.79 Å². The van der Waals surface area contributed by atoms with Crippen molar-refractivity contribution in [3.05, 3.63) is 60.2 Å². The Labute approximate surface area is 105 Å². The second kappa shape index (κ2) is 6.34. The van der Waals surface area contributed by atoms with Crippen LogP contribution in [0, 0.1) is 0 Å². The third-order valence-electron chi connectivity index (χ3n) is 2.31. The van der Waals surface area contributed by atoms with E-state index in [4.69, 9.17) is 0 Å². The van der Waals surface area contributed by atoms with Gasteiger partial charge in [0, 0.05) is 12.4 Å². The first kappa shape index (κ1) is 12.0. The molecular formula is C13H14N4O. The molecule has 2 amide bonds. The first-order valence-corrected chi connectivity index (χ1v) is 5.66. The van der Waals surface area contributed by atoms with Crippen molar-refractivity contribution in [3.8, 4) is 0 Å². The Kier molecular flexibility index (Phi) is 4.24. The van der Waals surface area contributed by atoms with E-state index in [2.05, 4.69) is 20.6 Å². The predicted molar refractivity (Wildman–Crippen MR) is 67.5 cm³/mol. The maximum Gasteiger partial charge on any atom is 0.315 e. The minimum atomic E-state index is -0.230. The highest BCUT2D eigenvalue weighted by Crippen LogP contribution is 1.93. The van der Waals surface area contributed by atoms with Gasteiger partial charge in [-0.2, -0.15) is 0 Å². The van der Waals surface area contributed by atoms with Crippen LogP contribution in [0.15, 0.2) is 48.8 Å². The van der Waals surface area contributed by atoms with Gasteiger partial charge in [0.2, 0.25) is 0 Å². The summed E-state index contributed by atoms with van der Waals surface area (Å²) in [6.07, 6.45) is 3.39. The summed E-state index contributed by atoms with van der Waals surface area (Å²) in [6, 6.07) is 10.9. The van der Waals surface area contributed by atoms with Crippen molar-refractivity contribution in [1.82, 2.24) is 20.6 Å². The maximum atomic E-state index is 11.5. The molecule has 0 aliphatic heterocycles. The normalized spacial score (nSPS) is 9.78. The molecule has 0 aliphatic carbocycles. The van der Waals surface area contributed by atoms with E-state index in [-0.39, 0.29) is 6.03 Å². The summed E-state index contributed by atoms with van der Waals surface area (Å²) in [6.45, 7) is 0.823. The largest absolute Gasteiger partial charge is 0.333 e. The third-order valence-corrected chi connectivity index (χ3v) is 2.31. The van der Waals surface area contributed by atoms with Crippen LogP contribution < -0.4 is 10.6 Å². The molecule has 2 heterocycles. The number of rotatable bonds is 4. The van der Waals surface area contributed by atoms with Crippen LogP contribution in [0.2, 0.25) is 0 Å². The predicted octanol–water partition coefficient (Wildman–Crippen LogP) is 1.48. The van der Waals surface area contributed by atoms with Gasteiger partial charge < -0.3 is 10.6 Å². The van der Waals surface area contributed by atoms with Crippen LogP contribution in [0.5, 0.6) is 0 Å². The molecule has 5 nitrogen and oxygen atoms in total. The molecule has 0 bridgehead atoms. The Bertz CT molecular complexity index is 441. The summed E-state index contributed by atoms with van der Waals surface area (Å²) in [7, 11) is 0. The third kappa shape index (κ3) is 3.86. The summed E-state index contributed by atoms with van der Waals surface area (Å²) in [5.41, 5.74) is 1.65. The zero-order valence-electron chi connectivity index (χ0n) is 9.84. The molecule has 0 saturated heterocycles. The van der Waals surface area contributed by atoms with Gasteiger partial charge in [-0.1, -0.05) is 12.1 Å². The number of aromatic nitrogens is 2. The number of urea groups is 1. The van der Waals surface area contributed by atoms with E-state index in [0.717, 1.165) is 11.4 Å². The molecule has 0 aromatic carbocycles. The van der Waals surface area contributed by atoms with Gasteiger partial charge >= 0.3 is 6.03 Å². The first-order valence-electron chi connectivity index (χ1n) is 5.66. The quantitative estimate of drug-likeness (QED) is 0.853. The molecule has 92 valence electrons. The number of carbonyl (C=O) groups excluding carboxylic acids is 1. The fraction of sp³-hybridized carbons (Fsp3) is 0.154. The first-order chi connectivity index (χ1) is 8.84. The van der Waals surface area contributed by atoms with Gasteiger partial charge in [-0.15, -0.1) is 0 Å². The van der Waals surface area contributed by atoms with Crippen LogP contribution in [-0.2, 0) is 13.1 Å². The summed E-state index contributed by atoms with van der Waals surface area (Å²) in [5, 5.41) is 5.46. The van der Waals surface area contributed by atoms with Crippen LogP contribution >= 0.6 is 0 Å². The number of pyridine rings is 2. The number of hydrogen-bond donors (Lipinski definition) is 2. The van der Waals surface area contributed by atoms with E-state index < -0.39 is 0 Å². The second-order valence-electron chi connectivity index (χ2n) is 3.68. The second-order valence-corrected chi connectivity index (χ2v) is 3.68. The van der Waals surface area contributed by atoms with Crippen LogP contribution in [0.4, 0.5) is 4.79 Å². The Hall–Kier alpha value is -2.43. The fourth-order valence-corrected chi connectivity index (χ4v) is 1.41. The molecule has 0 unspecified atom stereocenters. The lowest BCUT2D eigenvalue weighted by Crippen LogP contribution is -2.34. The molecule has 2 rings (SSSR count). The average molecular weight is 242 g/mol. The highest BCUT2D eigenvalue weighted by molar-refractivity contribution is 5.73. The van der Waals surface area contributed by atoms with Gasteiger partial charge in [0.1, 0.15) is 0 Å². The SMILES string of the molecule is O=C(NCc1ccccn1)NCc1ccccn1. The number of nitrogens with zero attached hydrogens (tertiary/aromatic N) is 2. The van der Waals surface area contributed by atoms with Crippen molar-refractivity contribution >= 4 is 6.03 Å². The van der Waals surface area contributed by atoms with Crippen LogP contribution in [-0.4, -0.2) is 16.0 Å². The zero-order valence-corrected chi connectivity index (χ0v) is 9.84. The van der Waals surface area contributed by atoms with E-state index in [1.54, 1.807) is 12.4 Å². The standard InChI is InChI=1S/C13H14N4O/c18-13(16-9-11-5-1-3-7-14-11)17-10-12-6-2-4-8-15-12/h1-8H,9-10H2,(H2,16,17,18). The van der Waals surface area contributed by atoms with Crippen LogP contribution in [0.1, 0.15) is 11.4 Å². The molecule has 0 fully saturated rings. The van der Waals surface area contributed by atoms with Gasteiger partial charge in [-0.25, -0.2) is 4.79 Å². The summed E-state index contributed by atoms with van der Waals surface area (Å²) in [5.74, 6) is 0. The number of nitrogens with one attached hydrogen (secondary N) is 2. The van der Waals surface area contributed by atoms with Crippen LogP contribution in [0.3, 0.4) is 0 Å². The lowest BCUT2D eigenvalue weighted by atomic mass is 10.3. The van der Waals surface area contributed by atoms with Crippen molar-refractivity contribution in [3.63, 3.8) is 0 Å².